The van der Waals surface area contributed by atoms with Gasteiger partial charge in [-0.3, -0.25) is 4.79 Å². The van der Waals surface area contributed by atoms with Gasteiger partial charge < -0.3 is 15.3 Å². The van der Waals surface area contributed by atoms with Gasteiger partial charge in [0.15, 0.2) is 0 Å². The van der Waals surface area contributed by atoms with Crippen molar-refractivity contribution in [2.75, 3.05) is 18.0 Å². The molecule has 1 aliphatic heterocycles. The molecule has 1 amide bonds. The summed E-state index contributed by atoms with van der Waals surface area (Å²) in [4.78, 5) is 36.4. The summed E-state index contributed by atoms with van der Waals surface area (Å²) in [7, 11) is 0. The zero-order valence-electron chi connectivity index (χ0n) is 21.0. The van der Waals surface area contributed by atoms with Gasteiger partial charge in [-0.15, -0.1) is 0 Å². The Bertz CT molecular complexity index is 1170. The Morgan fingerprint density at radius 2 is 1.61 bits per heavy atom. The smallest absolute Gasteiger partial charge is 0.339 e. The van der Waals surface area contributed by atoms with Crippen LogP contribution in [0.3, 0.4) is 0 Å². The number of piperidine rings is 1. The Hall–Kier alpha value is -3.74. The highest BCUT2D eigenvalue weighted by molar-refractivity contribution is 5.88. The molecule has 0 spiro atoms. The topological polar surface area (TPSA) is 95.4 Å². The molecule has 7 nitrogen and oxygen atoms in total. The van der Waals surface area contributed by atoms with Gasteiger partial charge in [-0.05, 0) is 42.7 Å². The highest BCUT2D eigenvalue weighted by atomic mass is 16.4. The van der Waals surface area contributed by atoms with Crippen LogP contribution in [0.5, 0.6) is 0 Å². The fourth-order valence-corrected chi connectivity index (χ4v) is 4.85. The molecule has 0 radical (unpaired) electrons. The molecule has 7 heteroatoms. The molecule has 1 saturated heterocycles. The molecule has 4 rings (SSSR count). The predicted octanol–water partition coefficient (Wildman–Crippen LogP) is 4.52. The van der Waals surface area contributed by atoms with Crippen molar-refractivity contribution in [3.05, 3.63) is 89.2 Å². The number of nitrogens with zero attached hydrogens (tertiary/aromatic N) is 3. The van der Waals surface area contributed by atoms with Gasteiger partial charge >= 0.3 is 5.97 Å². The number of hydrogen-bond donors (Lipinski definition) is 2. The third-order valence-electron chi connectivity index (χ3n) is 6.85. The van der Waals surface area contributed by atoms with Crippen molar-refractivity contribution in [1.82, 2.24) is 15.3 Å². The van der Waals surface area contributed by atoms with E-state index in [-0.39, 0.29) is 17.4 Å². The van der Waals surface area contributed by atoms with E-state index in [1.54, 1.807) is 0 Å². The Kier molecular flexibility index (Phi) is 7.98. The lowest BCUT2D eigenvalue weighted by molar-refractivity contribution is -0.132. The molecular weight excluding hydrogens is 452 g/mol. The number of aromatic nitrogens is 2. The minimum absolute atomic E-state index is 0.0671. The average Bonchev–Trinajstić information content (AvgIpc) is 2.88. The molecule has 0 atom stereocenters. The lowest BCUT2D eigenvalue weighted by Crippen LogP contribution is -2.50. The molecule has 3 aromatic rings. The fourth-order valence-electron chi connectivity index (χ4n) is 4.85. The third kappa shape index (κ3) is 6.08. The second-order valence-electron chi connectivity index (χ2n) is 10.0. The van der Waals surface area contributed by atoms with Crippen LogP contribution in [0, 0.1) is 11.3 Å². The van der Waals surface area contributed by atoms with E-state index in [1.165, 1.54) is 6.20 Å². The van der Waals surface area contributed by atoms with Crippen molar-refractivity contribution in [2.24, 2.45) is 11.3 Å². The third-order valence-corrected chi connectivity index (χ3v) is 6.85. The van der Waals surface area contributed by atoms with Crippen molar-refractivity contribution in [1.29, 1.82) is 0 Å². The minimum atomic E-state index is -1.01. The number of carboxylic acids is 1. The van der Waals surface area contributed by atoms with E-state index >= 15 is 0 Å². The molecular formula is C29H34N4O3. The summed E-state index contributed by atoms with van der Waals surface area (Å²) in [6.07, 6.45) is 3.98. The SMILES string of the molecule is CC(C)Cc1nc(N2CCC(Cc3ccccc3)(C(=O)NCc3ccccc3)CC2)ncc1C(=O)O. The predicted molar refractivity (Wildman–Crippen MR) is 140 cm³/mol. The molecule has 2 aromatic carbocycles. The fraction of sp³-hybridized carbons (Fsp3) is 0.379. The summed E-state index contributed by atoms with van der Waals surface area (Å²) in [6, 6.07) is 20.1. The van der Waals surface area contributed by atoms with Crippen LogP contribution >= 0.6 is 0 Å². The van der Waals surface area contributed by atoms with Crippen LogP contribution in [-0.2, 0) is 24.2 Å². The molecule has 1 aromatic heterocycles. The van der Waals surface area contributed by atoms with E-state index in [9.17, 15) is 14.7 Å². The van der Waals surface area contributed by atoms with Crippen LogP contribution < -0.4 is 10.2 Å². The molecule has 0 unspecified atom stereocenters. The summed E-state index contributed by atoms with van der Waals surface area (Å²) < 4.78 is 0. The summed E-state index contributed by atoms with van der Waals surface area (Å²) in [6.45, 7) is 5.83. The van der Waals surface area contributed by atoms with Crippen molar-refractivity contribution in [3.8, 4) is 0 Å². The Balaban J connectivity index is 1.52. The molecule has 1 fully saturated rings. The van der Waals surface area contributed by atoms with Gasteiger partial charge in [0.05, 0.1) is 16.7 Å². The first-order valence-corrected chi connectivity index (χ1v) is 12.6. The molecule has 0 aliphatic carbocycles. The van der Waals surface area contributed by atoms with E-state index < -0.39 is 11.4 Å². The Labute approximate surface area is 212 Å². The standard InChI is InChI=1S/C29H34N4O3/c1-21(2)17-25-24(26(34)35)20-31-28(32-25)33-15-13-29(14-16-33,18-22-9-5-3-6-10-22)27(36)30-19-23-11-7-4-8-12-23/h3-12,20-21H,13-19H2,1-2H3,(H,30,36)(H,34,35). The number of hydrogen-bond acceptors (Lipinski definition) is 5. The quantitative estimate of drug-likeness (QED) is 0.462. The van der Waals surface area contributed by atoms with Gasteiger partial charge in [0, 0.05) is 25.8 Å². The minimum Gasteiger partial charge on any atom is -0.478 e. The molecule has 2 heterocycles. The molecule has 0 bridgehead atoms. The monoisotopic (exact) mass is 486 g/mol. The van der Waals surface area contributed by atoms with E-state index in [1.807, 2.05) is 62.4 Å². The number of rotatable bonds is 9. The first-order valence-electron chi connectivity index (χ1n) is 12.6. The summed E-state index contributed by atoms with van der Waals surface area (Å²) in [5, 5.41) is 12.7. The van der Waals surface area contributed by atoms with E-state index in [0.717, 1.165) is 11.1 Å². The van der Waals surface area contributed by atoms with Crippen molar-refractivity contribution < 1.29 is 14.7 Å². The lowest BCUT2D eigenvalue weighted by atomic mass is 9.73. The zero-order chi connectivity index (χ0) is 25.5. The summed E-state index contributed by atoms with van der Waals surface area (Å²) in [5.74, 6) is -0.127. The van der Waals surface area contributed by atoms with Crippen molar-refractivity contribution >= 4 is 17.8 Å². The lowest BCUT2D eigenvalue weighted by Gasteiger charge is -2.41. The number of carboxylic acid groups (broad SMARTS) is 1. The number of nitrogens with one attached hydrogen (secondary N) is 1. The van der Waals surface area contributed by atoms with Crippen LogP contribution in [0.2, 0.25) is 0 Å². The highest BCUT2D eigenvalue weighted by Gasteiger charge is 2.42. The number of anilines is 1. The Morgan fingerprint density at radius 1 is 1.00 bits per heavy atom. The molecule has 0 saturated carbocycles. The zero-order valence-corrected chi connectivity index (χ0v) is 21.0. The molecule has 2 N–H and O–H groups in total. The normalized spacial score (nSPS) is 15.0. The van der Waals surface area contributed by atoms with Crippen molar-refractivity contribution in [2.45, 2.75) is 46.1 Å². The van der Waals surface area contributed by atoms with Gasteiger partial charge in [0.1, 0.15) is 0 Å². The summed E-state index contributed by atoms with van der Waals surface area (Å²) in [5.41, 5.74) is 2.39. The van der Waals surface area contributed by atoms with E-state index in [2.05, 4.69) is 32.3 Å². The number of benzene rings is 2. The maximum absolute atomic E-state index is 13.6. The molecule has 36 heavy (non-hydrogen) atoms. The summed E-state index contributed by atoms with van der Waals surface area (Å²) >= 11 is 0. The van der Waals surface area contributed by atoms with Crippen LogP contribution in [0.1, 0.15) is 53.9 Å². The van der Waals surface area contributed by atoms with E-state index in [0.29, 0.717) is 57.0 Å². The van der Waals surface area contributed by atoms with Crippen LogP contribution in [-0.4, -0.2) is 40.0 Å². The second-order valence-corrected chi connectivity index (χ2v) is 10.0. The number of carbonyl (C=O) groups is 2. The highest BCUT2D eigenvalue weighted by Crippen LogP contribution is 2.37. The van der Waals surface area contributed by atoms with E-state index in [4.69, 9.17) is 0 Å². The van der Waals surface area contributed by atoms with Crippen molar-refractivity contribution in [3.63, 3.8) is 0 Å². The van der Waals surface area contributed by atoms with Gasteiger partial charge in [0.2, 0.25) is 11.9 Å². The number of carbonyl (C=O) groups excluding carboxylic acids is 1. The maximum Gasteiger partial charge on any atom is 0.339 e. The Morgan fingerprint density at radius 3 is 2.19 bits per heavy atom. The maximum atomic E-state index is 13.6. The van der Waals surface area contributed by atoms with Crippen LogP contribution in [0.25, 0.3) is 0 Å². The van der Waals surface area contributed by atoms with Gasteiger partial charge in [-0.1, -0.05) is 74.5 Å². The van der Waals surface area contributed by atoms with Gasteiger partial charge in [0.25, 0.3) is 0 Å². The van der Waals surface area contributed by atoms with Crippen LogP contribution in [0.15, 0.2) is 66.9 Å². The largest absolute Gasteiger partial charge is 0.478 e. The first-order chi connectivity index (χ1) is 17.4. The average molecular weight is 487 g/mol. The van der Waals surface area contributed by atoms with Gasteiger partial charge in [-0.25, -0.2) is 14.8 Å². The van der Waals surface area contributed by atoms with Crippen LogP contribution in [0.4, 0.5) is 5.95 Å². The first kappa shape index (κ1) is 25.4. The number of aromatic carboxylic acids is 1. The molecule has 1 aliphatic rings. The molecule has 188 valence electrons. The van der Waals surface area contributed by atoms with Gasteiger partial charge in [-0.2, -0.15) is 0 Å². The number of amides is 1. The second kappa shape index (κ2) is 11.3.